The third-order valence-corrected chi connectivity index (χ3v) is 3.03. The lowest BCUT2D eigenvalue weighted by atomic mass is 10.0. The molecule has 0 radical (unpaired) electrons. The van der Waals surface area contributed by atoms with E-state index in [0.717, 1.165) is 23.6 Å². The van der Waals surface area contributed by atoms with Gasteiger partial charge < -0.3 is 10.1 Å². The summed E-state index contributed by atoms with van der Waals surface area (Å²) in [6.45, 7) is 2.95. The van der Waals surface area contributed by atoms with Gasteiger partial charge in [-0.1, -0.05) is 23.5 Å². The average molecular weight is 249 g/mol. The van der Waals surface area contributed by atoms with Crippen molar-refractivity contribution in [3.8, 4) is 5.75 Å². The molecule has 0 saturated carbocycles. The lowest BCUT2D eigenvalue weighted by Gasteiger charge is -2.16. The molecule has 1 aromatic heterocycles. The number of rotatable bonds is 5. The molecule has 1 aromatic carbocycles. The summed E-state index contributed by atoms with van der Waals surface area (Å²) < 4.78 is 9.15. The number of benzene rings is 1. The standard InChI is InChI=1S/C12H15N3OS/c1-3-13-12(11-8-17-15-14-11)9-5-4-6-10(7-9)16-2/h4-8,12-13H,3H2,1-2H3. The predicted octanol–water partition coefficient (Wildman–Crippen LogP) is 2.25. The van der Waals surface area contributed by atoms with Crippen LogP contribution in [-0.2, 0) is 0 Å². The van der Waals surface area contributed by atoms with E-state index >= 15 is 0 Å². The number of methoxy groups -OCH3 is 1. The molecular weight excluding hydrogens is 234 g/mol. The van der Waals surface area contributed by atoms with Gasteiger partial charge in [-0.3, -0.25) is 0 Å². The molecule has 90 valence electrons. The van der Waals surface area contributed by atoms with Crippen LogP contribution in [0.15, 0.2) is 29.6 Å². The van der Waals surface area contributed by atoms with Gasteiger partial charge >= 0.3 is 0 Å². The molecular formula is C12H15N3OS. The van der Waals surface area contributed by atoms with Gasteiger partial charge in [0.25, 0.3) is 0 Å². The average Bonchev–Trinajstić information content (AvgIpc) is 2.89. The number of hydrogen-bond acceptors (Lipinski definition) is 5. The van der Waals surface area contributed by atoms with E-state index in [1.165, 1.54) is 11.5 Å². The summed E-state index contributed by atoms with van der Waals surface area (Å²) >= 11 is 1.37. The van der Waals surface area contributed by atoms with Crippen LogP contribution in [0.3, 0.4) is 0 Å². The molecule has 1 unspecified atom stereocenters. The maximum absolute atomic E-state index is 5.24. The second-order valence-electron chi connectivity index (χ2n) is 3.60. The van der Waals surface area contributed by atoms with Crippen LogP contribution in [0.5, 0.6) is 5.75 Å². The second-order valence-corrected chi connectivity index (χ2v) is 4.21. The number of hydrogen-bond donors (Lipinski definition) is 1. The molecule has 17 heavy (non-hydrogen) atoms. The van der Waals surface area contributed by atoms with Crippen molar-refractivity contribution in [1.82, 2.24) is 14.9 Å². The van der Waals surface area contributed by atoms with Crippen molar-refractivity contribution in [2.45, 2.75) is 13.0 Å². The molecule has 2 aromatic rings. The van der Waals surface area contributed by atoms with Gasteiger partial charge in [-0.2, -0.15) is 0 Å². The topological polar surface area (TPSA) is 47.0 Å². The van der Waals surface area contributed by atoms with E-state index in [1.54, 1.807) is 7.11 Å². The minimum absolute atomic E-state index is 0.0776. The van der Waals surface area contributed by atoms with Crippen molar-refractivity contribution in [2.75, 3.05) is 13.7 Å². The van der Waals surface area contributed by atoms with Crippen LogP contribution in [0.2, 0.25) is 0 Å². The fraction of sp³-hybridized carbons (Fsp3) is 0.333. The number of aromatic nitrogens is 2. The Hall–Kier alpha value is -1.46. The van der Waals surface area contributed by atoms with Crippen molar-refractivity contribution in [1.29, 1.82) is 0 Å². The van der Waals surface area contributed by atoms with E-state index in [2.05, 4.69) is 27.9 Å². The van der Waals surface area contributed by atoms with Crippen LogP contribution in [-0.4, -0.2) is 23.2 Å². The van der Waals surface area contributed by atoms with Crippen molar-refractivity contribution < 1.29 is 4.74 Å². The Balaban J connectivity index is 2.32. The molecule has 5 heteroatoms. The van der Waals surface area contributed by atoms with E-state index in [9.17, 15) is 0 Å². The molecule has 4 nitrogen and oxygen atoms in total. The monoisotopic (exact) mass is 249 g/mol. The molecule has 1 atom stereocenters. The van der Waals surface area contributed by atoms with Crippen LogP contribution in [0.1, 0.15) is 24.2 Å². The first kappa shape index (κ1) is 12.0. The van der Waals surface area contributed by atoms with E-state index < -0.39 is 0 Å². The normalized spacial score (nSPS) is 12.4. The van der Waals surface area contributed by atoms with Crippen molar-refractivity contribution in [3.05, 3.63) is 40.9 Å². The highest BCUT2D eigenvalue weighted by molar-refractivity contribution is 7.03. The SMILES string of the molecule is CCNC(c1cccc(OC)c1)c1csnn1. The fourth-order valence-corrected chi connectivity index (χ4v) is 2.20. The molecule has 0 aliphatic rings. The zero-order valence-corrected chi connectivity index (χ0v) is 10.7. The summed E-state index contributed by atoms with van der Waals surface area (Å²) in [5.74, 6) is 0.855. The summed E-state index contributed by atoms with van der Waals surface area (Å²) in [6, 6.07) is 8.08. The molecule has 2 rings (SSSR count). The van der Waals surface area contributed by atoms with E-state index in [-0.39, 0.29) is 6.04 Å². The predicted molar refractivity (Wildman–Crippen MR) is 68.4 cm³/mol. The van der Waals surface area contributed by atoms with Gasteiger partial charge in [-0.05, 0) is 35.8 Å². The highest BCUT2D eigenvalue weighted by Gasteiger charge is 2.15. The zero-order valence-electron chi connectivity index (χ0n) is 9.88. The summed E-state index contributed by atoms with van der Waals surface area (Å²) in [4.78, 5) is 0. The number of nitrogens with zero attached hydrogens (tertiary/aromatic N) is 2. The van der Waals surface area contributed by atoms with Crippen molar-refractivity contribution in [3.63, 3.8) is 0 Å². The highest BCUT2D eigenvalue weighted by atomic mass is 32.1. The molecule has 0 aliphatic heterocycles. The lowest BCUT2D eigenvalue weighted by Crippen LogP contribution is -2.22. The van der Waals surface area contributed by atoms with E-state index in [4.69, 9.17) is 4.74 Å². The maximum atomic E-state index is 5.24. The van der Waals surface area contributed by atoms with Crippen molar-refractivity contribution >= 4 is 11.5 Å². The Morgan fingerprint density at radius 1 is 1.47 bits per heavy atom. The quantitative estimate of drug-likeness (QED) is 0.883. The third-order valence-electron chi connectivity index (χ3n) is 2.51. The Morgan fingerprint density at radius 3 is 3.00 bits per heavy atom. The summed E-state index contributed by atoms with van der Waals surface area (Å²) in [5, 5.41) is 9.50. The number of nitrogens with one attached hydrogen (secondary N) is 1. The fourth-order valence-electron chi connectivity index (χ4n) is 1.72. The van der Waals surface area contributed by atoms with E-state index in [0.29, 0.717) is 0 Å². The summed E-state index contributed by atoms with van der Waals surface area (Å²) in [5.41, 5.74) is 2.09. The molecule has 0 spiro atoms. The molecule has 0 amide bonds. The highest BCUT2D eigenvalue weighted by Crippen LogP contribution is 2.24. The van der Waals surface area contributed by atoms with Gasteiger partial charge in [0, 0.05) is 5.38 Å². The molecule has 0 aliphatic carbocycles. The summed E-state index contributed by atoms with van der Waals surface area (Å²) in [7, 11) is 1.67. The Labute approximate surface area is 105 Å². The van der Waals surface area contributed by atoms with Crippen LogP contribution < -0.4 is 10.1 Å². The summed E-state index contributed by atoms with van der Waals surface area (Å²) in [6.07, 6.45) is 0. The van der Waals surface area contributed by atoms with Crippen molar-refractivity contribution in [2.24, 2.45) is 0 Å². The Kier molecular flexibility index (Phi) is 4.06. The Bertz CT molecular complexity index is 459. The molecule has 0 bridgehead atoms. The van der Waals surface area contributed by atoms with Crippen LogP contribution in [0.25, 0.3) is 0 Å². The number of ether oxygens (including phenoxy) is 1. The minimum atomic E-state index is 0.0776. The lowest BCUT2D eigenvalue weighted by molar-refractivity contribution is 0.413. The van der Waals surface area contributed by atoms with Gasteiger partial charge in [0.1, 0.15) is 5.75 Å². The maximum Gasteiger partial charge on any atom is 0.119 e. The van der Waals surface area contributed by atoms with E-state index in [1.807, 2.05) is 23.6 Å². The van der Waals surface area contributed by atoms with Gasteiger partial charge in [-0.15, -0.1) is 5.10 Å². The first-order valence-electron chi connectivity index (χ1n) is 5.49. The van der Waals surface area contributed by atoms with Crippen LogP contribution in [0, 0.1) is 0 Å². The third kappa shape index (κ3) is 2.81. The first-order valence-corrected chi connectivity index (χ1v) is 6.33. The molecule has 1 heterocycles. The van der Waals surface area contributed by atoms with Crippen LogP contribution >= 0.6 is 11.5 Å². The largest absolute Gasteiger partial charge is 0.497 e. The Morgan fingerprint density at radius 2 is 2.35 bits per heavy atom. The molecule has 0 fully saturated rings. The molecule has 1 N–H and O–H groups in total. The smallest absolute Gasteiger partial charge is 0.119 e. The van der Waals surface area contributed by atoms with Gasteiger partial charge in [-0.25, -0.2) is 0 Å². The van der Waals surface area contributed by atoms with Crippen LogP contribution in [0.4, 0.5) is 0 Å². The first-order chi connectivity index (χ1) is 8.35. The minimum Gasteiger partial charge on any atom is -0.497 e. The molecule has 0 saturated heterocycles. The van der Waals surface area contributed by atoms with Gasteiger partial charge in [0.15, 0.2) is 0 Å². The zero-order chi connectivity index (χ0) is 12.1. The van der Waals surface area contributed by atoms with Gasteiger partial charge in [0.2, 0.25) is 0 Å². The second kappa shape index (κ2) is 5.75. The van der Waals surface area contributed by atoms with Gasteiger partial charge in [0.05, 0.1) is 18.8 Å².